The van der Waals surface area contributed by atoms with Crippen LogP contribution in [0.15, 0.2) is 29.3 Å². The highest BCUT2D eigenvalue weighted by Crippen LogP contribution is 2.11. The van der Waals surface area contributed by atoms with Crippen LogP contribution in [0.25, 0.3) is 0 Å². The van der Waals surface area contributed by atoms with Crippen LogP contribution < -0.4 is 33.2 Å². The molecule has 13 N–H and O–H groups in total. The van der Waals surface area contributed by atoms with Crippen LogP contribution in [-0.4, -0.2) is 92.7 Å². The maximum absolute atomic E-state index is 12.9. The van der Waals surface area contributed by atoms with Crippen LogP contribution in [-0.2, 0) is 35.2 Å². The van der Waals surface area contributed by atoms with Gasteiger partial charge in [0, 0.05) is 13.0 Å². The molecule has 1 aromatic carbocycles. The molecule has 0 aliphatic rings. The number of nitrogens with two attached hydrogens (primary N) is 3. The average Bonchev–Trinajstić information content (AvgIpc) is 2.88. The molecule has 4 unspecified atom stereocenters. The Morgan fingerprint density at radius 3 is 1.88 bits per heavy atom. The van der Waals surface area contributed by atoms with Crippen molar-refractivity contribution < 1.29 is 49.2 Å². The van der Waals surface area contributed by atoms with Gasteiger partial charge in [0.05, 0.1) is 12.5 Å². The first kappa shape index (κ1) is 34.1. The van der Waals surface area contributed by atoms with E-state index in [4.69, 9.17) is 22.3 Å². The molecule has 0 aromatic heterocycles. The summed E-state index contributed by atoms with van der Waals surface area (Å²) in [6.07, 6.45) is -1.93. The van der Waals surface area contributed by atoms with E-state index in [1.54, 1.807) is 0 Å². The van der Waals surface area contributed by atoms with Crippen molar-refractivity contribution in [2.45, 2.75) is 62.7 Å². The van der Waals surface area contributed by atoms with Crippen LogP contribution in [0, 0.1) is 0 Å². The fraction of sp³-hybridized carbons (Fsp3) is 0.458. The van der Waals surface area contributed by atoms with E-state index in [-0.39, 0.29) is 37.5 Å². The summed E-state index contributed by atoms with van der Waals surface area (Å²) < 4.78 is 0. The Bertz CT molecular complexity index is 1120. The number of carbonyl (C=O) groups excluding carboxylic acids is 3. The highest BCUT2D eigenvalue weighted by Gasteiger charge is 2.31. The van der Waals surface area contributed by atoms with Gasteiger partial charge in [-0.2, -0.15) is 0 Å². The predicted molar refractivity (Wildman–Crippen MR) is 142 cm³/mol. The van der Waals surface area contributed by atoms with Crippen molar-refractivity contribution in [1.82, 2.24) is 16.0 Å². The lowest BCUT2D eigenvalue weighted by molar-refractivity contribution is -0.143. The standard InChI is InChI=1S/C24H35N7O10/c25-14(10-12-3-5-13(32)6-4-12)20(37)31-17(11-19(35)36)22(39)29-15(7-8-18(33)34)21(38)30-16(23(40)41)2-1-9-28-24(26)27/h3-6,14-17,32H,1-2,7-11,25H2,(H,29,39)(H,30,38)(H,31,37)(H,33,34)(H,35,36)(H,40,41)(H4,26,27,28). The van der Waals surface area contributed by atoms with Gasteiger partial charge in [-0.15, -0.1) is 0 Å². The highest BCUT2D eigenvalue weighted by molar-refractivity contribution is 5.95. The fourth-order valence-electron chi connectivity index (χ4n) is 3.48. The van der Waals surface area contributed by atoms with E-state index in [1.165, 1.54) is 24.3 Å². The number of amides is 3. The number of benzene rings is 1. The smallest absolute Gasteiger partial charge is 0.326 e. The number of carboxylic acids is 3. The number of aromatic hydroxyl groups is 1. The third-order valence-electron chi connectivity index (χ3n) is 5.58. The number of carboxylic acid groups (broad SMARTS) is 3. The quantitative estimate of drug-likeness (QED) is 0.0476. The second kappa shape index (κ2) is 16.9. The number of hydrogen-bond donors (Lipinski definition) is 10. The molecule has 0 saturated carbocycles. The third-order valence-corrected chi connectivity index (χ3v) is 5.58. The van der Waals surface area contributed by atoms with Crippen molar-refractivity contribution >= 4 is 41.6 Å². The Hall–Kier alpha value is -4.93. The van der Waals surface area contributed by atoms with E-state index in [9.17, 15) is 44.1 Å². The van der Waals surface area contributed by atoms with Crippen molar-refractivity contribution in [3.05, 3.63) is 29.8 Å². The molecular formula is C24H35N7O10. The number of phenolic OH excluding ortho intramolecular Hbond substituents is 1. The molecule has 17 nitrogen and oxygen atoms in total. The molecule has 1 aromatic rings. The molecule has 0 aliphatic heterocycles. The van der Waals surface area contributed by atoms with Gasteiger partial charge in [-0.25, -0.2) is 4.79 Å². The number of aliphatic carboxylic acids is 3. The van der Waals surface area contributed by atoms with E-state index >= 15 is 0 Å². The van der Waals surface area contributed by atoms with Crippen molar-refractivity contribution in [1.29, 1.82) is 0 Å². The summed E-state index contributed by atoms with van der Waals surface area (Å²) in [6, 6.07) is -0.165. The van der Waals surface area contributed by atoms with Crippen molar-refractivity contribution in [3.8, 4) is 5.75 Å². The number of carbonyl (C=O) groups is 6. The first-order valence-electron chi connectivity index (χ1n) is 12.4. The normalized spacial score (nSPS) is 13.5. The SMILES string of the molecule is NC(N)=NCCCC(NC(=O)C(CCC(=O)O)NC(=O)C(CC(=O)O)NC(=O)C(N)Cc1ccc(O)cc1)C(=O)O. The van der Waals surface area contributed by atoms with Crippen molar-refractivity contribution in [2.24, 2.45) is 22.2 Å². The van der Waals surface area contributed by atoms with Gasteiger partial charge in [0.15, 0.2) is 5.96 Å². The molecule has 0 radical (unpaired) electrons. The zero-order valence-electron chi connectivity index (χ0n) is 22.0. The Kier molecular flexibility index (Phi) is 14.1. The molecule has 0 fully saturated rings. The van der Waals surface area contributed by atoms with Gasteiger partial charge in [0.1, 0.15) is 23.9 Å². The van der Waals surface area contributed by atoms with Gasteiger partial charge in [-0.3, -0.25) is 29.0 Å². The van der Waals surface area contributed by atoms with E-state index in [0.717, 1.165) is 0 Å². The van der Waals surface area contributed by atoms with E-state index in [2.05, 4.69) is 20.9 Å². The summed E-state index contributed by atoms with van der Waals surface area (Å²) in [5.74, 6) is -7.49. The Morgan fingerprint density at radius 1 is 0.780 bits per heavy atom. The minimum absolute atomic E-state index is 0.00734. The minimum Gasteiger partial charge on any atom is -0.508 e. The number of hydrogen-bond acceptors (Lipinski definition) is 9. The Balaban J connectivity index is 2.99. The molecule has 17 heteroatoms. The maximum Gasteiger partial charge on any atom is 0.326 e. The largest absolute Gasteiger partial charge is 0.508 e. The molecule has 0 bridgehead atoms. The van der Waals surface area contributed by atoms with Gasteiger partial charge in [0.2, 0.25) is 17.7 Å². The molecule has 1 rings (SSSR count). The summed E-state index contributed by atoms with van der Waals surface area (Å²) in [5, 5.41) is 43.7. The molecule has 4 atom stereocenters. The lowest BCUT2D eigenvalue weighted by Crippen LogP contribution is -2.57. The molecule has 0 heterocycles. The topological polar surface area (TPSA) is 310 Å². The van der Waals surface area contributed by atoms with Crippen LogP contribution in [0.2, 0.25) is 0 Å². The molecule has 0 aliphatic carbocycles. The van der Waals surface area contributed by atoms with Crippen molar-refractivity contribution in [2.75, 3.05) is 6.54 Å². The lowest BCUT2D eigenvalue weighted by atomic mass is 10.0. The number of guanidine groups is 1. The van der Waals surface area contributed by atoms with E-state index in [0.29, 0.717) is 5.56 Å². The third kappa shape index (κ3) is 13.6. The van der Waals surface area contributed by atoms with Crippen LogP contribution >= 0.6 is 0 Å². The monoisotopic (exact) mass is 581 g/mol. The number of phenols is 1. The molecule has 3 amide bonds. The Morgan fingerprint density at radius 2 is 1.34 bits per heavy atom. The van der Waals surface area contributed by atoms with Gasteiger partial charge < -0.3 is 53.6 Å². The zero-order valence-corrected chi connectivity index (χ0v) is 22.0. The second-order valence-electron chi connectivity index (χ2n) is 8.98. The highest BCUT2D eigenvalue weighted by atomic mass is 16.4. The molecule has 0 spiro atoms. The summed E-state index contributed by atoms with van der Waals surface area (Å²) in [4.78, 5) is 76.2. The van der Waals surface area contributed by atoms with Gasteiger partial charge in [0.25, 0.3) is 0 Å². The van der Waals surface area contributed by atoms with Gasteiger partial charge >= 0.3 is 17.9 Å². The first-order valence-corrected chi connectivity index (χ1v) is 12.4. The van der Waals surface area contributed by atoms with Crippen LogP contribution in [0.1, 0.15) is 37.7 Å². The average molecular weight is 582 g/mol. The maximum atomic E-state index is 12.9. The number of nitrogens with zero attached hydrogens (tertiary/aromatic N) is 1. The fourth-order valence-corrected chi connectivity index (χ4v) is 3.48. The predicted octanol–water partition coefficient (Wildman–Crippen LogP) is -2.81. The summed E-state index contributed by atoms with van der Waals surface area (Å²) >= 11 is 0. The van der Waals surface area contributed by atoms with Crippen LogP contribution in [0.4, 0.5) is 0 Å². The molecular weight excluding hydrogens is 546 g/mol. The number of nitrogens with one attached hydrogen (secondary N) is 3. The van der Waals surface area contributed by atoms with E-state index in [1.807, 2.05) is 0 Å². The summed E-state index contributed by atoms with van der Waals surface area (Å²) in [5.41, 5.74) is 16.9. The van der Waals surface area contributed by atoms with E-state index < -0.39 is 79.1 Å². The number of aliphatic imine (C=N–C) groups is 1. The Labute approximate surface area is 234 Å². The lowest BCUT2D eigenvalue weighted by Gasteiger charge is -2.24. The second-order valence-corrected chi connectivity index (χ2v) is 8.98. The summed E-state index contributed by atoms with van der Waals surface area (Å²) in [7, 11) is 0. The van der Waals surface area contributed by atoms with Crippen LogP contribution in [0.3, 0.4) is 0 Å². The van der Waals surface area contributed by atoms with Gasteiger partial charge in [-0.05, 0) is 43.4 Å². The minimum atomic E-state index is -1.71. The zero-order chi connectivity index (χ0) is 31.1. The molecule has 226 valence electrons. The van der Waals surface area contributed by atoms with Crippen LogP contribution in [0.5, 0.6) is 5.75 Å². The van der Waals surface area contributed by atoms with Crippen molar-refractivity contribution in [3.63, 3.8) is 0 Å². The number of rotatable bonds is 18. The molecule has 41 heavy (non-hydrogen) atoms. The van der Waals surface area contributed by atoms with Gasteiger partial charge in [-0.1, -0.05) is 12.1 Å². The first-order chi connectivity index (χ1) is 19.2. The molecule has 0 saturated heterocycles. The summed E-state index contributed by atoms with van der Waals surface area (Å²) in [6.45, 7) is 0.0760.